The molecule has 1 aromatic carbocycles. The highest BCUT2D eigenvalue weighted by molar-refractivity contribution is 6.58. The lowest BCUT2D eigenvalue weighted by atomic mass is 9.80. The van der Waals surface area contributed by atoms with Gasteiger partial charge in [0.2, 0.25) is 0 Å². The first-order valence-electron chi connectivity index (χ1n) is 5.74. The van der Waals surface area contributed by atoms with E-state index in [2.05, 4.69) is 0 Å². The number of hydrogen-bond acceptors (Lipinski definition) is 3. The fraction of sp³-hybridized carbons (Fsp3) is 0.231. The third-order valence-electron chi connectivity index (χ3n) is 2.79. The van der Waals surface area contributed by atoms with Gasteiger partial charge in [-0.2, -0.15) is 0 Å². The molecule has 2 N–H and O–H groups in total. The van der Waals surface area contributed by atoms with Gasteiger partial charge in [-0.1, -0.05) is 25.1 Å². The molecule has 0 fully saturated rings. The Kier molecular flexibility index (Phi) is 4.12. The average molecular weight is 265 g/mol. The van der Waals surface area contributed by atoms with Crippen molar-refractivity contribution in [2.75, 3.05) is 0 Å². The second kappa shape index (κ2) is 5.61. The maximum atomic E-state index is 8.98. The Morgan fingerprint density at radius 3 is 2.44 bits per heavy atom. The van der Waals surface area contributed by atoms with Crippen molar-refractivity contribution in [3.05, 3.63) is 48.3 Å². The summed E-state index contributed by atoms with van der Waals surface area (Å²) in [5, 5.41) is 18.0. The molecule has 2 rings (SSSR count). The van der Waals surface area contributed by atoms with Gasteiger partial charge in [0.25, 0.3) is 0 Å². The molecule has 1 aromatic rings. The van der Waals surface area contributed by atoms with Crippen LogP contribution in [0.2, 0.25) is 0 Å². The minimum absolute atomic E-state index is 0.00395. The Morgan fingerprint density at radius 1 is 1.22 bits per heavy atom. The van der Waals surface area contributed by atoms with Crippen LogP contribution < -0.4 is 10.2 Å². The topological polar surface area (TPSA) is 49.7 Å². The molecule has 18 heavy (non-hydrogen) atoms. The fourth-order valence-corrected chi connectivity index (χ4v) is 1.83. The summed E-state index contributed by atoms with van der Waals surface area (Å²) in [5.41, 5.74) is 0.435. The van der Waals surface area contributed by atoms with Crippen LogP contribution in [0.1, 0.15) is 6.92 Å². The standard InChI is InChI=1S/C13H14BClO3/c1-9-8-12(6-7-13(9)15)18-11-4-2-10(3-5-11)14(16)17/h2-9,13,16-17H,1H3. The molecule has 5 heteroatoms. The van der Waals surface area contributed by atoms with Gasteiger partial charge in [-0.3, -0.25) is 0 Å². The molecule has 2 atom stereocenters. The summed E-state index contributed by atoms with van der Waals surface area (Å²) in [6.07, 6.45) is 5.70. The van der Waals surface area contributed by atoms with Gasteiger partial charge in [0.1, 0.15) is 11.5 Å². The van der Waals surface area contributed by atoms with E-state index in [1.54, 1.807) is 24.3 Å². The molecular formula is C13H14BClO3. The van der Waals surface area contributed by atoms with Crippen molar-refractivity contribution in [2.24, 2.45) is 5.92 Å². The predicted molar refractivity (Wildman–Crippen MR) is 72.9 cm³/mol. The predicted octanol–water partition coefficient (Wildman–Crippen LogP) is 1.44. The van der Waals surface area contributed by atoms with E-state index in [-0.39, 0.29) is 11.3 Å². The number of allylic oxidation sites excluding steroid dienone is 3. The van der Waals surface area contributed by atoms with E-state index in [1.807, 2.05) is 25.2 Å². The Morgan fingerprint density at radius 2 is 1.89 bits per heavy atom. The van der Waals surface area contributed by atoms with Gasteiger partial charge in [0, 0.05) is 0 Å². The van der Waals surface area contributed by atoms with Crippen molar-refractivity contribution in [1.29, 1.82) is 0 Å². The Hall–Kier alpha value is -1.23. The Bertz CT molecular complexity index is 468. The first-order valence-corrected chi connectivity index (χ1v) is 6.18. The third-order valence-corrected chi connectivity index (χ3v) is 3.33. The molecule has 1 aliphatic rings. The molecule has 0 radical (unpaired) electrons. The highest BCUT2D eigenvalue weighted by atomic mass is 35.5. The number of ether oxygens (including phenoxy) is 1. The Balaban J connectivity index is 2.06. The molecule has 1 aliphatic carbocycles. The van der Waals surface area contributed by atoms with Crippen LogP contribution in [0.25, 0.3) is 0 Å². The van der Waals surface area contributed by atoms with Gasteiger partial charge in [0.05, 0.1) is 5.38 Å². The summed E-state index contributed by atoms with van der Waals surface area (Å²) < 4.78 is 5.66. The number of rotatable bonds is 3. The highest BCUT2D eigenvalue weighted by Crippen LogP contribution is 2.23. The quantitative estimate of drug-likeness (QED) is 0.642. The van der Waals surface area contributed by atoms with Crippen molar-refractivity contribution in [3.63, 3.8) is 0 Å². The van der Waals surface area contributed by atoms with Crippen LogP contribution in [-0.2, 0) is 0 Å². The van der Waals surface area contributed by atoms with Gasteiger partial charge >= 0.3 is 7.12 Å². The SMILES string of the molecule is CC1C=C(Oc2ccc(B(O)O)cc2)C=CC1Cl. The van der Waals surface area contributed by atoms with E-state index < -0.39 is 7.12 Å². The molecule has 0 heterocycles. The number of alkyl halides is 1. The van der Waals surface area contributed by atoms with Crippen molar-refractivity contribution in [3.8, 4) is 5.75 Å². The van der Waals surface area contributed by atoms with Crippen LogP contribution in [0.5, 0.6) is 5.75 Å². The molecule has 3 nitrogen and oxygen atoms in total. The minimum Gasteiger partial charge on any atom is -0.458 e. The first kappa shape index (κ1) is 13.2. The van der Waals surface area contributed by atoms with Gasteiger partial charge < -0.3 is 14.8 Å². The van der Waals surface area contributed by atoms with E-state index in [9.17, 15) is 0 Å². The molecule has 94 valence electrons. The van der Waals surface area contributed by atoms with Crippen molar-refractivity contribution >= 4 is 24.2 Å². The van der Waals surface area contributed by atoms with E-state index >= 15 is 0 Å². The molecule has 0 bridgehead atoms. The van der Waals surface area contributed by atoms with Crippen LogP contribution >= 0.6 is 11.6 Å². The lowest BCUT2D eigenvalue weighted by Crippen LogP contribution is -2.29. The van der Waals surface area contributed by atoms with Gasteiger partial charge in [-0.15, -0.1) is 11.6 Å². The molecule has 2 unspecified atom stereocenters. The molecule has 0 aromatic heterocycles. The largest absolute Gasteiger partial charge is 0.488 e. The monoisotopic (exact) mass is 264 g/mol. The zero-order valence-electron chi connectivity index (χ0n) is 9.95. The summed E-state index contributed by atoms with van der Waals surface area (Å²) in [5.74, 6) is 1.62. The zero-order valence-corrected chi connectivity index (χ0v) is 10.7. The maximum absolute atomic E-state index is 8.98. The van der Waals surface area contributed by atoms with Crippen LogP contribution in [-0.4, -0.2) is 22.5 Å². The Labute approximate surface area is 111 Å². The van der Waals surface area contributed by atoms with Crippen molar-refractivity contribution in [1.82, 2.24) is 0 Å². The van der Waals surface area contributed by atoms with Crippen LogP contribution in [0, 0.1) is 5.92 Å². The van der Waals surface area contributed by atoms with Gasteiger partial charge in [-0.25, -0.2) is 0 Å². The molecular weight excluding hydrogens is 250 g/mol. The van der Waals surface area contributed by atoms with Gasteiger partial charge in [0.15, 0.2) is 0 Å². The van der Waals surface area contributed by atoms with E-state index in [1.165, 1.54) is 0 Å². The normalized spacial score (nSPS) is 22.6. The van der Waals surface area contributed by atoms with Crippen molar-refractivity contribution in [2.45, 2.75) is 12.3 Å². The van der Waals surface area contributed by atoms with Gasteiger partial charge in [-0.05, 0) is 35.7 Å². The first-order chi connectivity index (χ1) is 8.56. The minimum atomic E-state index is -1.45. The lowest BCUT2D eigenvalue weighted by Gasteiger charge is -2.17. The van der Waals surface area contributed by atoms with E-state index in [4.69, 9.17) is 26.4 Å². The van der Waals surface area contributed by atoms with Crippen LogP contribution in [0.3, 0.4) is 0 Å². The summed E-state index contributed by atoms with van der Waals surface area (Å²) in [6.45, 7) is 2.02. The van der Waals surface area contributed by atoms with E-state index in [0.29, 0.717) is 11.2 Å². The fourth-order valence-electron chi connectivity index (χ4n) is 1.68. The maximum Gasteiger partial charge on any atom is 0.488 e. The van der Waals surface area contributed by atoms with E-state index in [0.717, 1.165) is 5.76 Å². The summed E-state index contributed by atoms with van der Waals surface area (Å²) in [7, 11) is -1.45. The molecule has 0 saturated carbocycles. The number of benzene rings is 1. The summed E-state index contributed by atoms with van der Waals surface area (Å²) >= 11 is 6.05. The lowest BCUT2D eigenvalue weighted by molar-refractivity contribution is 0.425. The molecule has 0 saturated heterocycles. The highest BCUT2D eigenvalue weighted by Gasteiger charge is 2.15. The number of hydrogen-bond donors (Lipinski definition) is 2. The molecule has 0 aliphatic heterocycles. The van der Waals surface area contributed by atoms with Crippen LogP contribution in [0.4, 0.5) is 0 Å². The number of halogens is 1. The summed E-state index contributed by atoms with van der Waals surface area (Å²) in [4.78, 5) is 0. The zero-order chi connectivity index (χ0) is 13.1. The second-order valence-electron chi connectivity index (χ2n) is 4.28. The molecule has 0 amide bonds. The average Bonchev–Trinajstić information content (AvgIpc) is 2.34. The van der Waals surface area contributed by atoms with Crippen LogP contribution in [0.15, 0.2) is 48.3 Å². The second-order valence-corrected chi connectivity index (χ2v) is 4.78. The molecule has 0 spiro atoms. The smallest absolute Gasteiger partial charge is 0.458 e. The van der Waals surface area contributed by atoms with Crippen molar-refractivity contribution < 1.29 is 14.8 Å². The third kappa shape index (κ3) is 3.16. The summed E-state index contributed by atoms with van der Waals surface area (Å²) in [6, 6.07) is 6.61.